The number of anilines is 2. The molecule has 0 aliphatic heterocycles. The number of hydrogen-bond acceptors (Lipinski definition) is 3. The fourth-order valence-electron chi connectivity index (χ4n) is 2.10. The van der Waals surface area contributed by atoms with Crippen LogP contribution in [-0.2, 0) is 9.59 Å². The lowest BCUT2D eigenvalue weighted by Gasteiger charge is -2.12. The van der Waals surface area contributed by atoms with Gasteiger partial charge in [0.05, 0.1) is 5.25 Å². The zero-order chi connectivity index (χ0) is 18.2. The van der Waals surface area contributed by atoms with Crippen LogP contribution in [0.4, 0.5) is 11.4 Å². The quantitative estimate of drug-likeness (QED) is 0.596. The third-order valence-corrected chi connectivity index (χ3v) is 5.05. The number of rotatable bonds is 7. The van der Waals surface area contributed by atoms with Crippen molar-refractivity contribution in [3.8, 4) is 0 Å². The first-order valence-corrected chi connectivity index (χ1v) is 9.78. The maximum absolute atomic E-state index is 12.3. The molecule has 0 aromatic heterocycles. The van der Waals surface area contributed by atoms with Crippen LogP contribution in [0.2, 0.25) is 0 Å². The molecular weight excluding hydrogens is 400 g/mol. The number of carbonyl (C=O) groups excluding carboxylic acids is 2. The summed E-state index contributed by atoms with van der Waals surface area (Å²) in [4.78, 5) is 24.9. The topological polar surface area (TPSA) is 58.2 Å². The smallest absolute Gasteiger partial charge is 0.237 e. The molecule has 1 unspecified atom stereocenters. The minimum absolute atomic E-state index is 0.0187. The van der Waals surface area contributed by atoms with E-state index in [0.717, 1.165) is 27.2 Å². The highest BCUT2D eigenvalue weighted by Gasteiger charge is 2.14. The number of hydrogen-bond donors (Lipinski definition) is 2. The van der Waals surface area contributed by atoms with Gasteiger partial charge in [-0.2, -0.15) is 0 Å². The molecule has 2 aromatic rings. The van der Waals surface area contributed by atoms with Crippen molar-refractivity contribution in [1.29, 1.82) is 0 Å². The highest BCUT2D eigenvalue weighted by molar-refractivity contribution is 9.10. The summed E-state index contributed by atoms with van der Waals surface area (Å²) in [6.07, 6.45) is 1.34. The van der Waals surface area contributed by atoms with Gasteiger partial charge >= 0.3 is 0 Å². The summed E-state index contributed by atoms with van der Waals surface area (Å²) in [5.74, 6) is -0.0298. The van der Waals surface area contributed by atoms with E-state index in [2.05, 4.69) is 26.6 Å². The van der Waals surface area contributed by atoms with Gasteiger partial charge in [0, 0.05) is 27.2 Å². The minimum atomic E-state index is -0.232. The number of halogens is 1. The van der Waals surface area contributed by atoms with Crippen LogP contribution >= 0.6 is 27.7 Å². The summed E-state index contributed by atoms with van der Waals surface area (Å²) < 4.78 is 0.971. The molecule has 0 radical (unpaired) electrons. The van der Waals surface area contributed by atoms with E-state index in [1.54, 1.807) is 0 Å². The van der Waals surface area contributed by atoms with Crippen LogP contribution in [0.5, 0.6) is 0 Å². The van der Waals surface area contributed by atoms with Crippen molar-refractivity contribution in [1.82, 2.24) is 0 Å². The van der Waals surface area contributed by atoms with Crippen molar-refractivity contribution >= 4 is 50.9 Å². The van der Waals surface area contributed by atoms with Crippen molar-refractivity contribution in [2.24, 2.45) is 0 Å². The zero-order valence-electron chi connectivity index (χ0n) is 14.2. The number of amides is 2. The van der Waals surface area contributed by atoms with Crippen LogP contribution in [0.3, 0.4) is 0 Å². The first-order valence-electron chi connectivity index (χ1n) is 8.11. The Morgan fingerprint density at radius 1 is 1.00 bits per heavy atom. The van der Waals surface area contributed by atoms with Gasteiger partial charge in [-0.25, -0.2) is 0 Å². The summed E-state index contributed by atoms with van der Waals surface area (Å²) in [6, 6.07) is 15.0. The van der Waals surface area contributed by atoms with Crippen molar-refractivity contribution in [3.63, 3.8) is 0 Å². The van der Waals surface area contributed by atoms with E-state index in [4.69, 9.17) is 0 Å². The highest BCUT2D eigenvalue weighted by Crippen LogP contribution is 2.26. The molecule has 0 heterocycles. The second-order valence-electron chi connectivity index (χ2n) is 5.58. The Morgan fingerprint density at radius 2 is 1.56 bits per heavy atom. The van der Waals surface area contributed by atoms with Crippen LogP contribution in [-0.4, -0.2) is 17.1 Å². The Kier molecular flexibility index (Phi) is 7.52. The normalized spacial score (nSPS) is 11.6. The molecule has 132 valence electrons. The largest absolute Gasteiger partial charge is 0.326 e. The van der Waals surface area contributed by atoms with Crippen LogP contribution in [0.1, 0.15) is 26.7 Å². The molecule has 0 fully saturated rings. The number of carbonyl (C=O) groups is 2. The molecular formula is C19H21BrN2O2S. The second-order valence-corrected chi connectivity index (χ2v) is 7.91. The monoisotopic (exact) mass is 420 g/mol. The van der Waals surface area contributed by atoms with E-state index in [-0.39, 0.29) is 17.1 Å². The first-order chi connectivity index (χ1) is 12.0. The van der Waals surface area contributed by atoms with Gasteiger partial charge in [0.2, 0.25) is 11.8 Å². The van der Waals surface area contributed by atoms with E-state index >= 15 is 0 Å². The molecule has 0 saturated heterocycles. The molecule has 2 rings (SSSR count). The molecule has 6 heteroatoms. The summed E-state index contributed by atoms with van der Waals surface area (Å²) in [5.41, 5.74) is 1.55. The molecule has 4 nitrogen and oxygen atoms in total. The van der Waals surface area contributed by atoms with Crippen LogP contribution < -0.4 is 10.6 Å². The Hall–Kier alpha value is -1.79. The SMILES string of the molecule is CCCC(=O)Nc1ccc(SC(C)C(=O)Nc2ccc(Br)cc2)cc1. The fraction of sp³-hybridized carbons (Fsp3) is 0.263. The average molecular weight is 421 g/mol. The summed E-state index contributed by atoms with van der Waals surface area (Å²) in [5, 5.41) is 5.52. The average Bonchev–Trinajstić information content (AvgIpc) is 2.59. The highest BCUT2D eigenvalue weighted by atomic mass is 79.9. The van der Waals surface area contributed by atoms with Gasteiger partial charge in [-0.15, -0.1) is 11.8 Å². The molecule has 0 aliphatic rings. The molecule has 0 aliphatic carbocycles. The molecule has 2 amide bonds. The molecule has 2 N–H and O–H groups in total. The summed E-state index contributed by atoms with van der Waals surface area (Å²) >= 11 is 4.85. The molecule has 1 atom stereocenters. The van der Waals surface area contributed by atoms with E-state index < -0.39 is 0 Å². The fourth-order valence-corrected chi connectivity index (χ4v) is 3.23. The molecule has 25 heavy (non-hydrogen) atoms. The van der Waals surface area contributed by atoms with Gasteiger partial charge in [0.25, 0.3) is 0 Å². The van der Waals surface area contributed by atoms with Crippen molar-refractivity contribution < 1.29 is 9.59 Å². The molecule has 0 bridgehead atoms. The second kappa shape index (κ2) is 9.63. The maximum Gasteiger partial charge on any atom is 0.237 e. The maximum atomic E-state index is 12.3. The third kappa shape index (κ3) is 6.55. The summed E-state index contributed by atoms with van der Waals surface area (Å²) in [6.45, 7) is 3.84. The Morgan fingerprint density at radius 3 is 2.16 bits per heavy atom. The summed E-state index contributed by atoms with van der Waals surface area (Å²) in [7, 11) is 0. The lowest BCUT2D eigenvalue weighted by molar-refractivity contribution is -0.116. The van der Waals surface area contributed by atoms with Gasteiger partial charge in [0.15, 0.2) is 0 Å². The third-order valence-electron chi connectivity index (χ3n) is 3.41. The Bertz CT molecular complexity index is 717. The number of nitrogens with one attached hydrogen (secondary N) is 2. The standard InChI is InChI=1S/C19H21BrN2O2S/c1-3-4-18(23)21-15-9-11-17(12-10-15)25-13(2)19(24)22-16-7-5-14(20)6-8-16/h5-13H,3-4H2,1-2H3,(H,21,23)(H,22,24). The van der Waals surface area contributed by atoms with E-state index in [1.165, 1.54) is 11.8 Å². The molecule has 0 spiro atoms. The van der Waals surface area contributed by atoms with Gasteiger partial charge in [0.1, 0.15) is 0 Å². The van der Waals surface area contributed by atoms with Crippen LogP contribution in [0, 0.1) is 0 Å². The Labute approximate surface area is 160 Å². The number of thioether (sulfide) groups is 1. The molecule has 0 saturated carbocycles. The van der Waals surface area contributed by atoms with Crippen molar-refractivity contribution in [2.75, 3.05) is 10.6 Å². The predicted molar refractivity (Wildman–Crippen MR) is 108 cm³/mol. The van der Waals surface area contributed by atoms with Crippen molar-refractivity contribution in [3.05, 3.63) is 53.0 Å². The van der Waals surface area contributed by atoms with Gasteiger partial charge < -0.3 is 10.6 Å². The zero-order valence-corrected chi connectivity index (χ0v) is 16.6. The molecule has 2 aromatic carbocycles. The van der Waals surface area contributed by atoms with E-state index in [0.29, 0.717) is 6.42 Å². The van der Waals surface area contributed by atoms with E-state index in [9.17, 15) is 9.59 Å². The van der Waals surface area contributed by atoms with E-state index in [1.807, 2.05) is 62.4 Å². The van der Waals surface area contributed by atoms with Gasteiger partial charge in [-0.3, -0.25) is 9.59 Å². The predicted octanol–water partition coefficient (Wildman–Crippen LogP) is 5.31. The minimum Gasteiger partial charge on any atom is -0.326 e. The number of benzene rings is 2. The van der Waals surface area contributed by atoms with Crippen molar-refractivity contribution in [2.45, 2.75) is 36.8 Å². The lowest BCUT2D eigenvalue weighted by Crippen LogP contribution is -2.22. The van der Waals surface area contributed by atoms with Crippen LogP contribution in [0.25, 0.3) is 0 Å². The van der Waals surface area contributed by atoms with Gasteiger partial charge in [-0.05, 0) is 61.9 Å². The van der Waals surface area contributed by atoms with Crippen LogP contribution in [0.15, 0.2) is 57.9 Å². The van der Waals surface area contributed by atoms with Gasteiger partial charge in [-0.1, -0.05) is 22.9 Å². The lowest BCUT2D eigenvalue weighted by atomic mass is 10.3. The Balaban J connectivity index is 1.88. The first kappa shape index (κ1) is 19.5.